The number of halogens is 1. The molecular weight excluding hydrogens is 521 g/mol. The standard InChI is InChI=1S/C29H30FN3O5S/c1-18(34)25-9-10-26(39-25)29(38)33-14-2-4-27(36)31-13-11-19-5-8-24(35)22(16-19)21-17-20(6-7-23(21)30)28(37)32-12-3-15-33/h5-10,16-17,35H,2-4,11-15H2,1H3,(H,31,36)(H,32,37). The molecule has 2 heterocycles. The zero-order valence-corrected chi connectivity index (χ0v) is 22.4. The quantitative estimate of drug-likeness (QED) is 0.414. The fraction of sp³-hybridized carbons (Fsp3) is 0.310. The van der Waals surface area contributed by atoms with Crippen molar-refractivity contribution in [3.05, 3.63) is 75.2 Å². The van der Waals surface area contributed by atoms with Crippen LogP contribution < -0.4 is 10.6 Å². The molecule has 39 heavy (non-hydrogen) atoms. The molecule has 0 atom stereocenters. The normalized spacial score (nSPS) is 15.4. The van der Waals surface area contributed by atoms with E-state index in [4.69, 9.17) is 0 Å². The van der Waals surface area contributed by atoms with E-state index in [2.05, 4.69) is 10.6 Å². The minimum atomic E-state index is -0.575. The van der Waals surface area contributed by atoms with Crippen molar-refractivity contribution >= 4 is 34.8 Å². The van der Waals surface area contributed by atoms with E-state index in [9.17, 15) is 28.7 Å². The van der Waals surface area contributed by atoms with Gasteiger partial charge in [-0.1, -0.05) is 6.07 Å². The summed E-state index contributed by atoms with van der Waals surface area (Å²) >= 11 is 1.14. The number of nitrogens with one attached hydrogen (secondary N) is 2. The van der Waals surface area contributed by atoms with E-state index in [1.807, 2.05) is 0 Å². The fourth-order valence-corrected chi connectivity index (χ4v) is 5.25. The first-order valence-corrected chi connectivity index (χ1v) is 13.6. The molecule has 4 rings (SSSR count). The molecule has 1 aromatic heterocycles. The maximum Gasteiger partial charge on any atom is 0.263 e. The van der Waals surface area contributed by atoms with E-state index < -0.39 is 11.7 Å². The van der Waals surface area contributed by atoms with Gasteiger partial charge in [0.15, 0.2) is 5.78 Å². The van der Waals surface area contributed by atoms with Crippen molar-refractivity contribution in [1.82, 2.24) is 15.5 Å². The first-order chi connectivity index (χ1) is 18.7. The Labute approximate surface area is 229 Å². The summed E-state index contributed by atoms with van der Waals surface area (Å²) in [5, 5.41) is 16.1. The van der Waals surface area contributed by atoms with Gasteiger partial charge in [0, 0.05) is 49.3 Å². The Morgan fingerprint density at radius 1 is 0.897 bits per heavy atom. The van der Waals surface area contributed by atoms with E-state index in [1.54, 1.807) is 29.2 Å². The Balaban J connectivity index is 1.55. The molecule has 8 nitrogen and oxygen atoms in total. The van der Waals surface area contributed by atoms with Gasteiger partial charge in [-0.05, 0) is 74.2 Å². The second-order valence-electron chi connectivity index (χ2n) is 9.37. The highest BCUT2D eigenvalue weighted by atomic mass is 32.1. The first-order valence-electron chi connectivity index (χ1n) is 12.8. The van der Waals surface area contributed by atoms with Crippen LogP contribution in [0.4, 0.5) is 4.39 Å². The number of aromatic hydroxyl groups is 1. The molecule has 0 saturated heterocycles. The Morgan fingerprint density at radius 2 is 1.67 bits per heavy atom. The van der Waals surface area contributed by atoms with Gasteiger partial charge >= 0.3 is 0 Å². The van der Waals surface area contributed by atoms with Gasteiger partial charge in [-0.3, -0.25) is 19.2 Å². The SMILES string of the molecule is CC(=O)c1ccc(C(=O)N2CCCNC(=O)c3ccc(F)c(c3)-c3cc(ccc3O)CCNC(=O)CCC2)s1. The van der Waals surface area contributed by atoms with Crippen LogP contribution in [0.3, 0.4) is 0 Å². The second-order valence-corrected chi connectivity index (χ2v) is 10.5. The van der Waals surface area contributed by atoms with Crippen molar-refractivity contribution in [2.75, 3.05) is 26.2 Å². The van der Waals surface area contributed by atoms with Gasteiger partial charge in [-0.25, -0.2) is 4.39 Å². The molecule has 4 bridgehead atoms. The van der Waals surface area contributed by atoms with Crippen LogP contribution in [0, 0.1) is 5.82 Å². The number of carbonyl (C=O) groups excluding carboxylic acids is 4. The number of amides is 3. The van der Waals surface area contributed by atoms with Crippen molar-refractivity contribution in [3.8, 4) is 16.9 Å². The molecule has 2 aromatic carbocycles. The number of benzene rings is 2. The molecular formula is C29H30FN3O5S. The predicted molar refractivity (Wildman–Crippen MR) is 147 cm³/mol. The summed E-state index contributed by atoms with van der Waals surface area (Å²) in [6.07, 6.45) is 1.58. The first kappa shape index (κ1) is 28.0. The molecule has 10 heteroatoms. The topological polar surface area (TPSA) is 116 Å². The Hall–Kier alpha value is -4.05. The van der Waals surface area contributed by atoms with Crippen molar-refractivity contribution in [3.63, 3.8) is 0 Å². The van der Waals surface area contributed by atoms with E-state index in [-0.39, 0.29) is 53.0 Å². The summed E-state index contributed by atoms with van der Waals surface area (Å²) in [6.45, 7) is 2.74. The maximum absolute atomic E-state index is 14.7. The van der Waals surface area contributed by atoms with Crippen LogP contribution in [0.1, 0.15) is 61.5 Å². The van der Waals surface area contributed by atoms with Crippen molar-refractivity contribution in [1.29, 1.82) is 0 Å². The molecule has 0 fully saturated rings. The van der Waals surface area contributed by atoms with Gasteiger partial charge in [-0.2, -0.15) is 0 Å². The van der Waals surface area contributed by atoms with Gasteiger partial charge < -0.3 is 20.6 Å². The number of ketones is 1. The number of phenols is 1. The van der Waals surface area contributed by atoms with E-state index in [0.717, 1.165) is 16.9 Å². The number of carbonyl (C=O) groups is 4. The number of phenolic OH excluding ortho intramolecular Hbond substituents is 1. The molecule has 0 unspecified atom stereocenters. The Bertz CT molecular complexity index is 1400. The summed E-state index contributed by atoms with van der Waals surface area (Å²) in [5.74, 6) is -1.58. The smallest absolute Gasteiger partial charge is 0.263 e. The second kappa shape index (κ2) is 12.7. The summed E-state index contributed by atoms with van der Waals surface area (Å²) in [7, 11) is 0. The fourth-order valence-electron chi connectivity index (χ4n) is 4.38. The molecule has 3 N–H and O–H groups in total. The molecule has 0 aliphatic carbocycles. The molecule has 3 aromatic rings. The number of rotatable bonds is 2. The highest BCUT2D eigenvalue weighted by Crippen LogP contribution is 2.33. The minimum absolute atomic E-state index is 0.0987. The zero-order valence-electron chi connectivity index (χ0n) is 21.6. The summed E-state index contributed by atoms with van der Waals surface area (Å²) < 4.78 is 14.7. The van der Waals surface area contributed by atoms with Crippen molar-refractivity contribution < 1.29 is 28.7 Å². The highest BCUT2D eigenvalue weighted by molar-refractivity contribution is 7.15. The molecule has 0 spiro atoms. The lowest BCUT2D eigenvalue weighted by Gasteiger charge is -2.22. The van der Waals surface area contributed by atoms with Gasteiger partial charge in [-0.15, -0.1) is 11.3 Å². The van der Waals surface area contributed by atoms with Crippen LogP contribution in [0.25, 0.3) is 11.1 Å². The van der Waals surface area contributed by atoms with Crippen LogP contribution in [-0.2, 0) is 11.2 Å². The van der Waals surface area contributed by atoms with Crippen LogP contribution in [0.2, 0.25) is 0 Å². The van der Waals surface area contributed by atoms with E-state index >= 15 is 0 Å². The van der Waals surface area contributed by atoms with Crippen LogP contribution in [0.5, 0.6) is 5.75 Å². The van der Waals surface area contributed by atoms with Crippen molar-refractivity contribution in [2.24, 2.45) is 0 Å². The lowest BCUT2D eigenvalue weighted by molar-refractivity contribution is -0.121. The molecule has 3 amide bonds. The van der Waals surface area contributed by atoms with Gasteiger partial charge in [0.05, 0.1) is 9.75 Å². The predicted octanol–water partition coefficient (Wildman–Crippen LogP) is 4.18. The number of nitrogens with zero attached hydrogens (tertiary/aromatic N) is 1. The monoisotopic (exact) mass is 551 g/mol. The lowest BCUT2D eigenvalue weighted by Crippen LogP contribution is -2.35. The van der Waals surface area contributed by atoms with Gasteiger partial charge in [0.25, 0.3) is 11.8 Å². The van der Waals surface area contributed by atoms with E-state index in [0.29, 0.717) is 48.7 Å². The number of fused-ring (bicyclic) bond motifs is 5. The summed E-state index contributed by atoms with van der Waals surface area (Å²) in [4.78, 5) is 52.7. The molecule has 1 aliphatic rings. The van der Waals surface area contributed by atoms with Crippen LogP contribution >= 0.6 is 11.3 Å². The van der Waals surface area contributed by atoms with Gasteiger partial charge in [0.1, 0.15) is 11.6 Å². The summed E-state index contributed by atoms with van der Waals surface area (Å²) in [5.41, 5.74) is 1.39. The molecule has 1 aliphatic heterocycles. The van der Waals surface area contributed by atoms with Crippen molar-refractivity contribution in [2.45, 2.75) is 32.6 Å². The molecule has 0 radical (unpaired) electrons. The number of hydrogen-bond donors (Lipinski definition) is 3. The average molecular weight is 552 g/mol. The average Bonchev–Trinajstić information content (AvgIpc) is 3.41. The molecule has 0 saturated carbocycles. The summed E-state index contributed by atoms with van der Waals surface area (Å²) in [6, 6.07) is 12.1. The third-order valence-corrected chi connectivity index (χ3v) is 7.66. The van der Waals surface area contributed by atoms with Crippen LogP contribution in [-0.4, -0.2) is 59.7 Å². The molecule has 204 valence electrons. The largest absolute Gasteiger partial charge is 0.507 e. The Morgan fingerprint density at radius 3 is 2.44 bits per heavy atom. The number of Topliss-reactive ketones (excluding diaryl/α,β-unsaturated/α-hetero) is 1. The zero-order chi connectivity index (χ0) is 27.9. The Kier molecular flexibility index (Phi) is 9.08. The number of thiophene rings is 1. The third kappa shape index (κ3) is 7.08. The number of hydrogen-bond acceptors (Lipinski definition) is 6. The van der Waals surface area contributed by atoms with Crippen LogP contribution in [0.15, 0.2) is 48.5 Å². The van der Waals surface area contributed by atoms with E-state index in [1.165, 1.54) is 31.2 Å². The maximum atomic E-state index is 14.7. The lowest BCUT2D eigenvalue weighted by atomic mass is 9.98. The highest BCUT2D eigenvalue weighted by Gasteiger charge is 2.20. The minimum Gasteiger partial charge on any atom is -0.507 e. The third-order valence-electron chi connectivity index (χ3n) is 6.49. The van der Waals surface area contributed by atoms with Gasteiger partial charge in [0.2, 0.25) is 5.91 Å².